The maximum absolute atomic E-state index is 12.9. The molecule has 8 nitrogen and oxygen atoms in total. The van der Waals surface area contributed by atoms with E-state index in [0.29, 0.717) is 25.2 Å². The van der Waals surface area contributed by atoms with Crippen molar-refractivity contribution in [2.75, 3.05) is 23.3 Å². The minimum Gasteiger partial charge on any atom is -0.385 e. The third-order valence-corrected chi connectivity index (χ3v) is 4.39. The number of β-lactam (4-membered cyclic amide) rings is 1. The minimum atomic E-state index is -0.555. The van der Waals surface area contributed by atoms with Gasteiger partial charge in [-0.3, -0.25) is 19.7 Å². The van der Waals surface area contributed by atoms with Gasteiger partial charge >= 0.3 is 0 Å². The molecular formula is C19H19FN4O4. The minimum absolute atomic E-state index is 0.0183. The maximum Gasteiger partial charge on any atom is 0.269 e. The molecule has 28 heavy (non-hydrogen) atoms. The lowest BCUT2D eigenvalue weighted by Crippen LogP contribution is -2.64. The van der Waals surface area contributed by atoms with Gasteiger partial charge in [-0.25, -0.2) is 4.39 Å². The topological polar surface area (TPSA) is 105 Å². The number of non-ortho nitro benzene ring substituents is 1. The number of carbonyl (C=O) groups is 2. The van der Waals surface area contributed by atoms with Gasteiger partial charge in [0.05, 0.1) is 11.5 Å². The first-order valence-electron chi connectivity index (χ1n) is 8.78. The van der Waals surface area contributed by atoms with Gasteiger partial charge in [0.25, 0.3) is 11.6 Å². The number of halogens is 1. The Labute approximate surface area is 160 Å². The van der Waals surface area contributed by atoms with Crippen molar-refractivity contribution in [3.05, 3.63) is 64.5 Å². The van der Waals surface area contributed by atoms with Crippen molar-refractivity contribution < 1.29 is 18.9 Å². The summed E-state index contributed by atoms with van der Waals surface area (Å²) >= 11 is 0. The van der Waals surface area contributed by atoms with Crippen LogP contribution >= 0.6 is 0 Å². The van der Waals surface area contributed by atoms with E-state index in [0.717, 1.165) is 5.69 Å². The quantitative estimate of drug-likeness (QED) is 0.314. The summed E-state index contributed by atoms with van der Waals surface area (Å²) in [6.45, 7) is 0.878. The number of hydrogen-bond acceptors (Lipinski definition) is 5. The highest BCUT2D eigenvalue weighted by Gasteiger charge is 2.38. The number of nitrogens with one attached hydrogen (secondary N) is 2. The monoisotopic (exact) mass is 386 g/mol. The van der Waals surface area contributed by atoms with E-state index in [-0.39, 0.29) is 29.7 Å². The molecule has 2 amide bonds. The van der Waals surface area contributed by atoms with Crippen LogP contribution in [-0.2, 0) is 9.59 Å². The van der Waals surface area contributed by atoms with Crippen LogP contribution < -0.4 is 15.5 Å². The second kappa shape index (κ2) is 8.47. The average molecular weight is 386 g/mol. The summed E-state index contributed by atoms with van der Waals surface area (Å²) in [5.74, 6) is -0.810. The number of nitro groups is 1. The number of carbonyl (C=O) groups excluding carboxylic acids is 2. The van der Waals surface area contributed by atoms with Gasteiger partial charge in [-0.1, -0.05) is 0 Å². The van der Waals surface area contributed by atoms with Crippen LogP contribution in [0.15, 0.2) is 48.5 Å². The maximum atomic E-state index is 12.9. The molecule has 1 saturated heterocycles. The molecule has 2 N–H and O–H groups in total. The fourth-order valence-electron chi connectivity index (χ4n) is 2.84. The van der Waals surface area contributed by atoms with Gasteiger partial charge in [0.2, 0.25) is 5.91 Å². The summed E-state index contributed by atoms with van der Waals surface area (Å²) in [6.07, 6.45) is 0.797. The molecular weight excluding hydrogens is 367 g/mol. The highest BCUT2D eigenvalue weighted by atomic mass is 19.1. The van der Waals surface area contributed by atoms with E-state index < -0.39 is 11.0 Å². The Morgan fingerprint density at radius 2 is 1.86 bits per heavy atom. The zero-order valence-corrected chi connectivity index (χ0v) is 14.9. The number of benzene rings is 2. The van der Waals surface area contributed by atoms with Gasteiger partial charge in [0, 0.05) is 36.5 Å². The SMILES string of the molecule is O=C(CCCNc1ccc([N+](=O)[O-])cc1)NC1CN(c2ccc(F)cc2)C1=O. The highest BCUT2D eigenvalue weighted by Crippen LogP contribution is 2.22. The summed E-state index contributed by atoms with van der Waals surface area (Å²) in [7, 11) is 0. The molecule has 1 atom stereocenters. The van der Waals surface area contributed by atoms with E-state index in [1.54, 1.807) is 12.1 Å². The number of nitrogens with zero attached hydrogens (tertiary/aromatic N) is 2. The van der Waals surface area contributed by atoms with Crippen molar-refractivity contribution in [2.45, 2.75) is 18.9 Å². The van der Waals surface area contributed by atoms with Gasteiger partial charge in [0.1, 0.15) is 11.9 Å². The fraction of sp³-hybridized carbons (Fsp3) is 0.263. The van der Waals surface area contributed by atoms with Gasteiger partial charge in [-0.2, -0.15) is 0 Å². The van der Waals surface area contributed by atoms with E-state index in [1.807, 2.05) is 0 Å². The second-order valence-electron chi connectivity index (χ2n) is 6.38. The number of amides is 2. The molecule has 1 unspecified atom stereocenters. The van der Waals surface area contributed by atoms with E-state index in [2.05, 4.69) is 10.6 Å². The molecule has 0 aromatic heterocycles. The normalized spacial score (nSPS) is 15.7. The molecule has 9 heteroatoms. The first-order valence-corrected chi connectivity index (χ1v) is 8.78. The molecule has 0 aliphatic carbocycles. The van der Waals surface area contributed by atoms with Gasteiger partial charge < -0.3 is 15.5 Å². The Morgan fingerprint density at radius 3 is 2.46 bits per heavy atom. The summed E-state index contributed by atoms with van der Waals surface area (Å²) in [4.78, 5) is 35.7. The lowest BCUT2D eigenvalue weighted by atomic mass is 10.1. The standard InChI is InChI=1S/C19H19FN4O4/c20-13-3-7-15(8-4-13)23-12-17(19(23)26)22-18(25)2-1-11-21-14-5-9-16(10-6-14)24(27)28/h3-10,17,21H,1-2,11-12H2,(H,22,25). The van der Waals surface area contributed by atoms with E-state index >= 15 is 0 Å². The summed E-state index contributed by atoms with van der Waals surface area (Å²) in [6, 6.07) is 11.1. The molecule has 1 aliphatic rings. The van der Waals surface area contributed by atoms with Crippen molar-refractivity contribution in [3.63, 3.8) is 0 Å². The van der Waals surface area contributed by atoms with E-state index in [1.165, 1.54) is 41.3 Å². The fourth-order valence-corrected chi connectivity index (χ4v) is 2.84. The third-order valence-electron chi connectivity index (χ3n) is 4.39. The Kier molecular flexibility index (Phi) is 5.83. The number of rotatable bonds is 8. The summed E-state index contributed by atoms with van der Waals surface area (Å²) < 4.78 is 12.9. The Hall–Kier alpha value is -3.49. The Morgan fingerprint density at radius 1 is 1.18 bits per heavy atom. The molecule has 1 fully saturated rings. The molecule has 1 heterocycles. The number of hydrogen-bond donors (Lipinski definition) is 2. The zero-order chi connectivity index (χ0) is 20.1. The molecule has 0 bridgehead atoms. The van der Waals surface area contributed by atoms with Crippen LogP contribution in [0.25, 0.3) is 0 Å². The van der Waals surface area contributed by atoms with Crippen molar-refractivity contribution in [1.29, 1.82) is 0 Å². The van der Waals surface area contributed by atoms with Crippen LogP contribution in [0.3, 0.4) is 0 Å². The van der Waals surface area contributed by atoms with Gasteiger partial charge in [-0.15, -0.1) is 0 Å². The summed E-state index contributed by atoms with van der Waals surface area (Å²) in [5.41, 5.74) is 1.35. The predicted molar refractivity (Wildman–Crippen MR) is 102 cm³/mol. The smallest absolute Gasteiger partial charge is 0.269 e. The first kappa shape index (κ1) is 19.3. The van der Waals surface area contributed by atoms with Crippen LogP contribution in [0.1, 0.15) is 12.8 Å². The largest absolute Gasteiger partial charge is 0.385 e. The lowest BCUT2D eigenvalue weighted by molar-refractivity contribution is -0.384. The van der Waals surface area contributed by atoms with Gasteiger partial charge in [0.15, 0.2) is 0 Å². The lowest BCUT2D eigenvalue weighted by Gasteiger charge is -2.38. The number of anilines is 2. The molecule has 2 aromatic carbocycles. The third kappa shape index (κ3) is 4.61. The van der Waals surface area contributed by atoms with E-state index in [4.69, 9.17) is 0 Å². The van der Waals surface area contributed by atoms with Crippen LogP contribution in [0.4, 0.5) is 21.5 Å². The van der Waals surface area contributed by atoms with Crippen molar-refractivity contribution in [2.24, 2.45) is 0 Å². The van der Waals surface area contributed by atoms with Crippen molar-refractivity contribution >= 4 is 28.9 Å². The predicted octanol–water partition coefficient (Wildman–Crippen LogP) is 2.46. The first-order chi connectivity index (χ1) is 13.4. The summed E-state index contributed by atoms with van der Waals surface area (Å²) in [5, 5.41) is 16.4. The molecule has 0 radical (unpaired) electrons. The molecule has 2 aromatic rings. The Balaban J connectivity index is 1.35. The molecule has 146 valence electrons. The average Bonchev–Trinajstić information content (AvgIpc) is 2.69. The zero-order valence-electron chi connectivity index (χ0n) is 14.9. The highest BCUT2D eigenvalue weighted by molar-refractivity contribution is 6.05. The molecule has 0 spiro atoms. The van der Waals surface area contributed by atoms with Crippen LogP contribution in [-0.4, -0.2) is 35.9 Å². The molecule has 0 saturated carbocycles. The second-order valence-corrected chi connectivity index (χ2v) is 6.38. The van der Waals surface area contributed by atoms with Crippen LogP contribution in [0, 0.1) is 15.9 Å². The van der Waals surface area contributed by atoms with E-state index in [9.17, 15) is 24.1 Å². The Bertz CT molecular complexity index is 871. The van der Waals surface area contributed by atoms with Crippen molar-refractivity contribution in [1.82, 2.24) is 5.32 Å². The van der Waals surface area contributed by atoms with Gasteiger partial charge in [-0.05, 0) is 42.8 Å². The van der Waals surface area contributed by atoms with Crippen molar-refractivity contribution in [3.8, 4) is 0 Å². The number of nitro benzene ring substituents is 1. The molecule has 1 aliphatic heterocycles. The van der Waals surface area contributed by atoms with Crippen LogP contribution in [0.5, 0.6) is 0 Å². The van der Waals surface area contributed by atoms with Crippen LogP contribution in [0.2, 0.25) is 0 Å². The molecule has 3 rings (SSSR count).